The Kier molecular flexibility index (Phi) is 2.90. The molecule has 0 radical (unpaired) electrons. The second kappa shape index (κ2) is 9.22. The van der Waals surface area contributed by atoms with Crippen LogP contribution in [0.2, 0.25) is 0 Å². The molecule has 10 rings (SSSR count). The van der Waals surface area contributed by atoms with Crippen LogP contribution in [0.3, 0.4) is 0 Å². The van der Waals surface area contributed by atoms with Crippen LogP contribution in [0.4, 0.5) is 0 Å². The Hall–Kier alpha value is -6.06. The summed E-state index contributed by atoms with van der Waals surface area (Å²) < 4.78 is 140. The molecule has 0 spiro atoms. The van der Waals surface area contributed by atoms with Gasteiger partial charge in [0.2, 0.25) is 0 Å². The molecule has 10 aromatic rings. The van der Waals surface area contributed by atoms with Crippen molar-refractivity contribution in [3.05, 3.63) is 163 Å². The summed E-state index contributed by atoms with van der Waals surface area (Å²) in [5, 5.41) is 0.574. The van der Waals surface area contributed by atoms with E-state index in [4.69, 9.17) is 15.1 Å². The average Bonchev–Trinajstić information content (AvgIpc) is 3.91. The first-order valence-corrected chi connectivity index (χ1v) is 14.2. The Bertz CT molecular complexity index is 3530. The third-order valence-electron chi connectivity index (χ3n) is 8.33. The summed E-state index contributed by atoms with van der Waals surface area (Å²) in [6.07, 6.45) is 0. The fourth-order valence-electron chi connectivity index (χ4n) is 6.54. The number of hydrogen-bond acceptors (Lipinski definition) is 0. The van der Waals surface area contributed by atoms with Crippen molar-refractivity contribution in [2.45, 2.75) is 0 Å². The third-order valence-corrected chi connectivity index (χ3v) is 8.33. The minimum absolute atomic E-state index is 0.0790. The van der Waals surface area contributed by atoms with Crippen LogP contribution >= 0.6 is 0 Å². The van der Waals surface area contributed by atoms with E-state index in [0.29, 0.717) is 16.6 Å². The molecule has 0 saturated carbocycles. The SMILES string of the molecule is [2H]c1c([2H])c([2H])c2c(c1[2H])c1c([2H])c([2H])c([2H])c([2H])c1n2-c1c([2H])c([2H])c2c3c([2H])c([2H])c([2H])c([2H])c3n(-c3cccc4c3c3ccccc3n4-c3ccccc3)c2c1[2H]. The Labute approximate surface area is 280 Å². The zero-order valence-corrected chi connectivity index (χ0v) is 23.3. The standard InChI is InChI=1S/C42H27N3/c1-2-13-28(14-3-1)43-38-22-11-7-18-34(38)42-39(43)23-12-24-40(42)45-37-21-10-6-17-32(37)33-26-25-29(27-41(33)45)44-35-19-8-4-15-30(35)31-16-5-9-20-36(31)44/h1-27H/i4D,5D,6D,8D,9D,10D,15D,16D,17D,19D,20D,21D,25D,26D,27D. The summed E-state index contributed by atoms with van der Waals surface area (Å²) >= 11 is 0. The predicted molar refractivity (Wildman–Crippen MR) is 189 cm³/mol. The van der Waals surface area contributed by atoms with Crippen molar-refractivity contribution in [3.8, 4) is 17.1 Å². The van der Waals surface area contributed by atoms with Gasteiger partial charge in [-0.05, 0) is 60.5 Å². The fourth-order valence-corrected chi connectivity index (χ4v) is 6.54. The van der Waals surface area contributed by atoms with Gasteiger partial charge in [-0.3, -0.25) is 0 Å². The Balaban J connectivity index is 1.49. The van der Waals surface area contributed by atoms with Crippen molar-refractivity contribution < 1.29 is 20.6 Å². The van der Waals surface area contributed by atoms with E-state index in [9.17, 15) is 5.48 Å². The molecule has 210 valence electrons. The average molecular weight is 589 g/mol. The molecule has 0 aliphatic carbocycles. The Morgan fingerprint density at radius 3 is 1.62 bits per heavy atom. The first-order chi connectivity index (χ1) is 28.6. The topological polar surface area (TPSA) is 14.8 Å². The largest absolute Gasteiger partial charge is 0.309 e. The van der Waals surface area contributed by atoms with Crippen molar-refractivity contribution in [2.75, 3.05) is 0 Å². The van der Waals surface area contributed by atoms with Crippen LogP contribution in [0.25, 0.3) is 82.5 Å². The molecule has 0 unspecified atom stereocenters. The molecule has 0 fully saturated rings. The second-order valence-electron chi connectivity index (χ2n) is 10.6. The van der Waals surface area contributed by atoms with E-state index >= 15 is 0 Å². The number of fused-ring (bicyclic) bond motifs is 9. The molecule has 0 aliphatic heterocycles. The zero-order chi connectivity index (χ0) is 42.5. The summed E-state index contributed by atoms with van der Waals surface area (Å²) in [5.74, 6) is 0. The lowest BCUT2D eigenvalue weighted by molar-refractivity contribution is 1.16. The van der Waals surface area contributed by atoms with Crippen molar-refractivity contribution in [2.24, 2.45) is 0 Å². The van der Waals surface area contributed by atoms with Crippen molar-refractivity contribution in [3.63, 3.8) is 0 Å². The first kappa shape index (κ1) is 14.1. The van der Waals surface area contributed by atoms with Gasteiger partial charge >= 0.3 is 0 Å². The lowest BCUT2D eigenvalue weighted by Gasteiger charge is -2.13. The number of nitrogens with zero attached hydrogens (tertiary/aromatic N) is 3. The normalized spacial score (nSPS) is 16.7. The van der Waals surface area contributed by atoms with Crippen LogP contribution in [0.5, 0.6) is 0 Å². The first-order valence-electron chi connectivity index (χ1n) is 21.7. The highest BCUT2D eigenvalue weighted by molar-refractivity contribution is 6.17. The number of para-hydroxylation sites is 5. The molecule has 0 N–H and O–H groups in total. The molecule has 3 heteroatoms. The zero-order valence-electron chi connectivity index (χ0n) is 38.3. The predicted octanol–water partition coefficient (Wildman–Crippen LogP) is 11.0. The molecule has 0 amide bonds. The molecule has 0 atom stereocenters. The van der Waals surface area contributed by atoms with Gasteiger partial charge in [0.15, 0.2) is 0 Å². The summed E-state index contributed by atoms with van der Waals surface area (Å²) in [6, 6.07) is 13.4. The van der Waals surface area contributed by atoms with Gasteiger partial charge in [0.05, 0.1) is 59.3 Å². The second-order valence-corrected chi connectivity index (χ2v) is 10.6. The van der Waals surface area contributed by atoms with Crippen molar-refractivity contribution >= 4 is 65.4 Å². The maximum atomic E-state index is 10.1. The summed E-state index contributed by atoms with van der Waals surface area (Å²) in [4.78, 5) is 0. The highest BCUT2D eigenvalue weighted by Gasteiger charge is 2.20. The van der Waals surface area contributed by atoms with Crippen molar-refractivity contribution in [1.29, 1.82) is 0 Å². The van der Waals surface area contributed by atoms with Crippen LogP contribution in [0, 0.1) is 0 Å². The van der Waals surface area contributed by atoms with Crippen LogP contribution in [-0.4, -0.2) is 13.7 Å². The molecular weight excluding hydrogens is 546 g/mol. The van der Waals surface area contributed by atoms with E-state index in [2.05, 4.69) is 0 Å². The number of rotatable bonds is 3. The van der Waals surface area contributed by atoms with E-state index in [-0.39, 0.29) is 43.6 Å². The number of aromatic nitrogens is 3. The Morgan fingerprint density at radius 1 is 0.356 bits per heavy atom. The molecule has 45 heavy (non-hydrogen) atoms. The van der Waals surface area contributed by atoms with Crippen LogP contribution in [-0.2, 0) is 0 Å². The lowest BCUT2D eigenvalue weighted by Crippen LogP contribution is -1.98. The minimum atomic E-state index is -0.698. The highest BCUT2D eigenvalue weighted by Crippen LogP contribution is 2.41. The van der Waals surface area contributed by atoms with Gasteiger partial charge in [0.25, 0.3) is 0 Å². The smallest absolute Gasteiger partial charge is 0.0667 e. The van der Waals surface area contributed by atoms with Crippen LogP contribution in [0.1, 0.15) is 20.6 Å². The Morgan fingerprint density at radius 2 is 0.911 bits per heavy atom. The maximum absolute atomic E-state index is 10.1. The monoisotopic (exact) mass is 588 g/mol. The van der Waals surface area contributed by atoms with Crippen LogP contribution < -0.4 is 0 Å². The third kappa shape index (κ3) is 3.35. The molecule has 3 nitrogen and oxygen atoms in total. The molecule has 0 aliphatic rings. The van der Waals surface area contributed by atoms with Gasteiger partial charge in [0, 0.05) is 43.7 Å². The molecule has 3 heterocycles. The van der Waals surface area contributed by atoms with Crippen LogP contribution in [0.15, 0.2) is 163 Å². The van der Waals surface area contributed by atoms with E-state index < -0.39 is 96.3 Å². The quantitative estimate of drug-likeness (QED) is 0.195. The molecule has 3 aromatic heterocycles. The van der Waals surface area contributed by atoms with Gasteiger partial charge in [-0.1, -0.05) is 103 Å². The number of benzene rings is 7. The van der Waals surface area contributed by atoms with E-state index in [0.717, 1.165) is 21.2 Å². The van der Waals surface area contributed by atoms with Crippen molar-refractivity contribution in [1.82, 2.24) is 13.7 Å². The van der Waals surface area contributed by atoms with E-state index in [1.165, 1.54) is 4.57 Å². The highest BCUT2D eigenvalue weighted by atomic mass is 15.0. The van der Waals surface area contributed by atoms with Gasteiger partial charge in [-0.2, -0.15) is 0 Å². The van der Waals surface area contributed by atoms with E-state index in [1.807, 2.05) is 65.2 Å². The summed E-state index contributed by atoms with van der Waals surface area (Å²) in [7, 11) is 0. The molecular formula is C42H27N3. The summed E-state index contributed by atoms with van der Waals surface area (Å²) in [6.45, 7) is 0. The van der Waals surface area contributed by atoms with Gasteiger partial charge < -0.3 is 13.7 Å². The van der Waals surface area contributed by atoms with Gasteiger partial charge in [-0.15, -0.1) is 0 Å². The summed E-state index contributed by atoms with van der Waals surface area (Å²) in [5.41, 5.74) is 1.36. The maximum Gasteiger partial charge on any atom is 0.0667 e. The molecule has 7 aromatic carbocycles. The lowest BCUT2D eigenvalue weighted by atomic mass is 10.1. The van der Waals surface area contributed by atoms with Gasteiger partial charge in [-0.25, -0.2) is 0 Å². The molecule has 0 bridgehead atoms. The number of hydrogen-bond donors (Lipinski definition) is 0. The van der Waals surface area contributed by atoms with Gasteiger partial charge in [0.1, 0.15) is 0 Å². The molecule has 0 saturated heterocycles. The minimum Gasteiger partial charge on any atom is -0.309 e. The fraction of sp³-hybridized carbons (Fsp3) is 0. The van der Waals surface area contributed by atoms with E-state index in [1.54, 1.807) is 12.1 Å².